The molecule has 0 aliphatic rings. The summed E-state index contributed by atoms with van der Waals surface area (Å²) in [5, 5.41) is 0. The lowest BCUT2D eigenvalue weighted by Gasteiger charge is -2.20. The van der Waals surface area contributed by atoms with Gasteiger partial charge in [0.15, 0.2) is 0 Å². The fraction of sp³-hybridized carbons (Fsp3) is 0.500. The first-order chi connectivity index (χ1) is 7.36. The molecule has 1 rings (SSSR count). The minimum absolute atomic E-state index is 0.207. The molecule has 2 N–H and O–H groups in total. The van der Waals surface area contributed by atoms with E-state index in [0.29, 0.717) is 13.0 Å². The van der Waals surface area contributed by atoms with Crippen LogP contribution in [0, 0.1) is 19.3 Å². The van der Waals surface area contributed by atoms with Crippen LogP contribution in [0.5, 0.6) is 0 Å². The van der Waals surface area contributed by atoms with E-state index < -0.39 is 5.41 Å². The van der Waals surface area contributed by atoms with E-state index in [2.05, 4.69) is 26.0 Å². The second kappa shape index (κ2) is 4.79. The van der Waals surface area contributed by atoms with Crippen molar-refractivity contribution >= 4 is 5.78 Å². The highest BCUT2D eigenvalue weighted by atomic mass is 16.1. The zero-order valence-electron chi connectivity index (χ0n) is 10.6. The molecule has 16 heavy (non-hydrogen) atoms. The van der Waals surface area contributed by atoms with Crippen LogP contribution < -0.4 is 5.73 Å². The molecule has 0 aliphatic heterocycles. The van der Waals surface area contributed by atoms with Crippen molar-refractivity contribution in [3.8, 4) is 0 Å². The Kier molecular flexibility index (Phi) is 3.87. The van der Waals surface area contributed by atoms with E-state index in [1.54, 1.807) is 0 Å². The van der Waals surface area contributed by atoms with Gasteiger partial charge in [0.05, 0.1) is 0 Å². The van der Waals surface area contributed by atoms with Gasteiger partial charge in [-0.15, -0.1) is 0 Å². The van der Waals surface area contributed by atoms with Crippen molar-refractivity contribution in [2.75, 3.05) is 6.54 Å². The molecule has 0 fully saturated rings. The van der Waals surface area contributed by atoms with Gasteiger partial charge >= 0.3 is 0 Å². The molecule has 0 heterocycles. The lowest BCUT2D eigenvalue weighted by atomic mass is 9.84. The van der Waals surface area contributed by atoms with E-state index in [1.165, 1.54) is 11.1 Å². The molecule has 88 valence electrons. The largest absolute Gasteiger partial charge is 0.329 e. The van der Waals surface area contributed by atoms with Crippen LogP contribution in [0.3, 0.4) is 0 Å². The van der Waals surface area contributed by atoms with Crippen molar-refractivity contribution in [2.24, 2.45) is 11.1 Å². The molecule has 0 saturated carbocycles. The van der Waals surface area contributed by atoms with Crippen molar-refractivity contribution < 1.29 is 4.79 Å². The molecule has 1 aromatic rings. The predicted molar refractivity (Wildman–Crippen MR) is 67.5 cm³/mol. The number of rotatable bonds is 4. The Morgan fingerprint density at radius 2 is 1.88 bits per heavy atom. The summed E-state index contributed by atoms with van der Waals surface area (Å²) >= 11 is 0. The maximum absolute atomic E-state index is 12.0. The number of carbonyl (C=O) groups is 1. The van der Waals surface area contributed by atoms with Crippen LogP contribution in [0.15, 0.2) is 18.2 Å². The summed E-state index contributed by atoms with van der Waals surface area (Å²) in [7, 11) is 0. The topological polar surface area (TPSA) is 43.1 Å². The van der Waals surface area contributed by atoms with Gasteiger partial charge in [-0.3, -0.25) is 4.79 Å². The normalized spacial score (nSPS) is 11.6. The second-order valence-electron chi connectivity index (χ2n) is 5.11. The highest BCUT2D eigenvalue weighted by Crippen LogP contribution is 2.18. The van der Waals surface area contributed by atoms with Crippen molar-refractivity contribution in [2.45, 2.75) is 34.1 Å². The lowest BCUT2D eigenvalue weighted by Crippen LogP contribution is -2.33. The molecule has 0 atom stereocenters. The minimum atomic E-state index is -0.418. The summed E-state index contributed by atoms with van der Waals surface area (Å²) < 4.78 is 0. The molecule has 2 nitrogen and oxygen atoms in total. The Bertz CT molecular complexity index is 394. The smallest absolute Gasteiger partial charge is 0.144 e. The standard InChI is InChI=1S/C14H21NO/c1-10-5-6-12(7-11(10)2)8-13(16)14(3,4)9-15/h5-7H,8-9,15H2,1-4H3. The van der Waals surface area contributed by atoms with Gasteiger partial charge in [0.25, 0.3) is 0 Å². The van der Waals surface area contributed by atoms with E-state index in [0.717, 1.165) is 5.56 Å². The maximum atomic E-state index is 12.0. The SMILES string of the molecule is Cc1ccc(CC(=O)C(C)(C)CN)cc1C. The van der Waals surface area contributed by atoms with E-state index >= 15 is 0 Å². The molecule has 0 spiro atoms. The van der Waals surface area contributed by atoms with Gasteiger partial charge in [-0.05, 0) is 30.5 Å². The Labute approximate surface area is 97.9 Å². The summed E-state index contributed by atoms with van der Waals surface area (Å²) in [5.41, 5.74) is 8.75. The second-order valence-corrected chi connectivity index (χ2v) is 5.11. The number of hydrogen-bond donors (Lipinski definition) is 1. The highest BCUT2D eigenvalue weighted by Gasteiger charge is 2.25. The Hall–Kier alpha value is -1.15. The van der Waals surface area contributed by atoms with Gasteiger partial charge in [0.2, 0.25) is 0 Å². The van der Waals surface area contributed by atoms with Crippen molar-refractivity contribution in [1.29, 1.82) is 0 Å². The van der Waals surface area contributed by atoms with Gasteiger partial charge in [0, 0.05) is 18.4 Å². The van der Waals surface area contributed by atoms with Gasteiger partial charge < -0.3 is 5.73 Å². The summed E-state index contributed by atoms with van der Waals surface area (Å²) in [6.07, 6.45) is 0.477. The molecule has 0 bridgehead atoms. The van der Waals surface area contributed by atoms with Crippen molar-refractivity contribution in [1.82, 2.24) is 0 Å². The number of nitrogens with two attached hydrogens (primary N) is 1. The monoisotopic (exact) mass is 219 g/mol. The zero-order valence-corrected chi connectivity index (χ0v) is 10.6. The van der Waals surface area contributed by atoms with E-state index in [9.17, 15) is 4.79 Å². The van der Waals surface area contributed by atoms with Crippen LogP contribution in [0.4, 0.5) is 0 Å². The minimum Gasteiger partial charge on any atom is -0.329 e. The van der Waals surface area contributed by atoms with E-state index in [-0.39, 0.29) is 5.78 Å². The molecule has 0 aromatic heterocycles. The van der Waals surface area contributed by atoms with E-state index in [1.807, 2.05) is 19.9 Å². The average molecular weight is 219 g/mol. The third-order valence-corrected chi connectivity index (χ3v) is 3.20. The molecule has 0 radical (unpaired) electrons. The number of benzene rings is 1. The zero-order chi connectivity index (χ0) is 12.3. The summed E-state index contributed by atoms with van der Waals surface area (Å²) in [6.45, 7) is 8.34. The molecule has 0 aliphatic carbocycles. The number of Topliss-reactive ketones (excluding diaryl/α,β-unsaturated/α-hetero) is 1. The first-order valence-electron chi connectivity index (χ1n) is 5.66. The molecule has 0 saturated heterocycles. The predicted octanol–water partition coefficient (Wildman–Crippen LogP) is 2.40. The Morgan fingerprint density at radius 1 is 1.25 bits per heavy atom. The van der Waals surface area contributed by atoms with Gasteiger partial charge in [-0.2, -0.15) is 0 Å². The fourth-order valence-corrected chi connectivity index (χ4v) is 1.45. The van der Waals surface area contributed by atoms with Crippen molar-refractivity contribution in [3.63, 3.8) is 0 Å². The van der Waals surface area contributed by atoms with Gasteiger partial charge in [-0.25, -0.2) is 0 Å². The van der Waals surface area contributed by atoms with Crippen LogP contribution in [0.2, 0.25) is 0 Å². The van der Waals surface area contributed by atoms with Gasteiger partial charge in [0.1, 0.15) is 5.78 Å². The Balaban J connectivity index is 2.82. The Morgan fingerprint density at radius 3 is 2.38 bits per heavy atom. The molecule has 0 amide bonds. The quantitative estimate of drug-likeness (QED) is 0.845. The summed E-state index contributed by atoms with van der Waals surface area (Å²) in [4.78, 5) is 12.0. The lowest BCUT2D eigenvalue weighted by molar-refractivity contribution is -0.125. The number of aryl methyl sites for hydroxylation is 2. The molecular formula is C14H21NO. The number of ketones is 1. The van der Waals surface area contributed by atoms with Crippen LogP contribution in [0.1, 0.15) is 30.5 Å². The van der Waals surface area contributed by atoms with E-state index in [4.69, 9.17) is 5.73 Å². The number of carbonyl (C=O) groups excluding carboxylic acids is 1. The summed E-state index contributed by atoms with van der Waals surface area (Å²) in [6, 6.07) is 6.17. The maximum Gasteiger partial charge on any atom is 0.144 e. The van der Waals surface area contributed by atoms with Crippen LogP contribution in [-0.4, -0.2) is 12.3 Å². The third-order valence-electron chi connectivity index (χ3n) is 3.20. The first-order valence-corrected chi connectivity index (χ1v) is 5.66. The van der Waals surface area contributed by atoms with Crippen LogP contribution in [-0.2, 0) is 11.2 Å². The molecule has 2 heteroatoms. The first kappa shape index (κ1) is 12.9. The summed E-state index contributed by atoms with van der Waals surface area (Å²) in [5.74, 6) is 0.207. The molecule has 0 unspecified atom stereocenters. The van der Waals surface area contributed by atoms with Crippen LogP contribution in [0.25, 0.3) is 0 Å². The molecule has 1 aromatic carbocycles. The third kappa shape index (κ3) is 2.92. The number of hydrogen-bond acceptors (Lipinski definition) is 2. The fourth-order valence-electron chi connectivity index (χ4n) is 1.45. The van der Waals surface area contributed by atoms with Crippen LogP contribution >= 0.6 is 0 Å². The average Bonchev–Trinajstić information content (AvgIpc) is 2.23. The van der Waals surface area contributed by atoms with Crippen molar-refractivity contribution in [3.05, 3.63) is 34.9 Å². The highest BCUT2D eigenvalue weighted by molar-refractivity contribution is 5.86. The van der Waals surface area contributed by atoms with Gasteiger partial charge in [-0.1, -0.05) is 32.0 Å². The molecular weight excluding hydrogens is 198 g/mol.